The van der Waals surface area contributed by atoms with Crippen molar-refractivity contribution in [2.24, 2.45) is 0 Å². The van der Waals surface area contributed by atoms with Crippen molar-refractivity contribution >= 4 is 0 Å². The number of halogens is 9. The van der Waals surface area contributed by atoms with Crippen molar-refractivity contribution in [1.29, 1.82) is 0 Å². The van der Waals surface area contributed by atoms with Crippen molar-refractivity contribution in [3.8, 4) is 0 Å². The maximum absolute atomic E-state index is 12.6. The van der Waals surface area contributed by atoms with Crippen LogP contribution in [0.2, 0.25) is 0 Å². The van der Waals surface area contributed by atoms with Crippen LogP contribution in [0.25, 0.3) is 0 Å². The molecule has 0 aromatic heterocycles. The molecule has 11 heteroatoms. The number of ether oxygens (including phenoxy) is 2. The Kier molecular flexibility index (Phi) is 4.93. The van der Waals surface area contributed by atoms with E-state index < -0.39 is 36.7 Å². The summed E-state index contributed by atoms with van der Waals surface area (Å²) in [5.74, 6) is -2.81. The fraction of sp³-hybridized carbons (Fsp3) is 0.750. The van der Waals surface area contributed by atoms with Gasteiger partial charge in [0, 0.05) is 6.42 Å². The minimum Gasteiger partial charge on any atom is -0.248 e. The number of hydrogen-bond acceptors (Lipinski definition) is 2. The molecule has 0 heterocycles. The van der Waals surface area contributed by atoms with E-state index in [2.05, 4.69) is 9.47 Å². The highest BCUT2D eigenvalue weighted by atomic mass is 19.3. The summed E-state index contributed by atoms with van der Waals surface area (Å²) < 4.78 is 117. The molecule has 0 spiro atoms. The zero-order chi connectivity index (χ0) is 15.7. The van der Waals surface area contributed by atoms with Crippen LogP contribution in [0, 0.1) is 0 Å². The van der Waals surface area contributed by atoms with Gasteiger partial charge in [-0.1, -0.05) is 13.5 Å². The highest BCUT2D eigenvalue weighted by molar-refractivity contribution is 4.92. The zero-order valence-corrected chi connectivity index (χ0v) is 9.13. The normalized spacial score (nSPS) is 14.6. The Morgan fingerprint density at radius 3 is 1.58 bits per heavy atom. The van der Waals surface area contributed by atoms with Crippen LogP contribution in [-0.4, -0.2) is 24.4 Å². The predicted octanol–water partition coefficient (Wildman–Crippen LogP) is 4.28. The molecule has 0 bridgehead atoms. The van der Waals surface area contributed by atoms with E-state index in [1.54, 1.807) is 0 Å². The highest BCUT2D eigenvalue weighted by Gasteiger charge is 2.67. The van der Waals surface area contributed by atoms with Gasteiger partial charge in [0.05, 0.1) is 0 Å². The Morgan fingerprint density at radius 1 is 0.895 bits per heavy atom. The first-order valence-corrected chi connectivity index (χ1v) is 4.43. The minimum atomic E-state index is -6.22. The molecule has 2 nitrogen and oxygen atoms in total. The van der Waals surface area contributed by atoms with Gasteiger partial charge in [0.25, 0.3) is 0 Å². The number of rotatable bonds is 7. The van der Waals surface area contributed by atoms with Crippen molar-refractivity contribution in [1.82, 2.24) is 0 Å². The average molecular weight is 306 g/mol. The van der Waals surface area contributed by atoms with Crippen molar-refractivity contribution in [3.63, 3.8) is 0 Å². The fourth-order valence-corrected chi connectivity index (χ4v) is 0.595. The molecule has 0 amide bonds. The molecule has 0 aliphatic heterocycles. The topological polar surface area (TPSA) is 18.5 Å². The Labute approximate surface area is 100 Å². The van der Waals surface area contributed by atoms with Gasteiger partial charge in [-0.2, -0.15) is 35.1 Å². The summed E-state index contributed by atoms with van der Waals surface area (Å²) in [6.07, 6.45) is -24.0. The van der Waals surface area contributed by atoms with Crippen LogP contribution >= 0.6 is 0 Å². The molecule has 0 atom stereocenters. The van der Waals surface area contributed by atoms with Crippen molar-refractivity contribution < 1.29 is 49.0 Å². The molecule has 0 aliphatic carbocycles. The van der Waals surface area contributed by atoms with Gasteiger partial charge >= 0.3 is 24.4 Å². The van der Waals surface area contributed by atoms with Crippen LogP contribution in [0.4, 0.5) is 39.5 Å². The Hall–Kier alpha value is -0.970. The Balaban J connectivity index is 5.13. The first-order valence-electron chi connectivity index (χ1n) is 4.43. The third-order valence-corrected chi connectivity index (χ3v) is 1.60. The van der Waals surface area contributed by atoms with Gasteiger partial charge in [0.1, 0.15) is 0 Å². The lowest BCUT2D eigenvalue weighted by Crippen LogP contribution is -2.51. The lowest BCUT2D eigenvalue weighted by atomic mass is 10.4. The summed E-state index contributed by atoms with van der Waals surface area (Å²) in [7, 11) is 0. The van der Waals surface area contributed by atoms with Crippen LogP contribution in [0.1, 0.15) is 13.3 Å². The van der Waals surface area contributed by atoms with Gasteiger partial charge < -0.3 is 0 Å². The second kappa shape index (κ2) is 5.19. The van der Waals surface area contributed by atoms with Gasteiger partial charge in [0.2, 0.25) is 0 Å². The first kappa shape index (κ1) is 18.0. The van der Waals surface area contributed by atoms with Crippen LogP contribution in [-0.2, 0) is 9.47 Å². The number of hydrogen-bond donors (Lipinski definition) is 0. The van der Waals surface area contributed by atoms with Crippen molar-refractivity contribution in [2.45, 2.75) is 37.8 Å². The molecule has 0 aromatic carbocycles. The van der Waals surface area contributed by atoms with E-state index >= 15 is 0 Å². The van der Waals surface area contributed by atoms with Gasteiger partial charge in [-0.3, -0.25) is 0 Å². The molecular formula is C8H7F9O2. The van der Waals surface area contributed by atoms with Crippen LogP contribution in [0.15, 0.2) is 12.4 Å². The summed E-state index contributed by atoms with van der Waals surface area (Å²) in [5.41, 5.74) is 0. The van der Waals surface area contributed by atoms with E-state index in [0.29, 0.717) is 6.92 Å². The van der Waals surface area contributed by atoms with E-state index in [4.69, 9.17) is 0 Å². The SMILES string of the molecule is C=C(F)C(F)(F)OC(F)(F)C(F)(F)OC(F)(F)CC. The molecule has 114 valence electrons. The first-order chi connectivity index (χ1) is 8.17. The predicted molar refractivity (Wildman–Crippen MR) is 42.5 cm³/mol. The maximum Gasteiger partial charge on any atom is 0.453 e. The maximum atomic E-state index is 12.6. The van der Waals surface area contributed by atoms with E-state index in [1.807, 2.05) is 6.58 Å². The average Bonchev–Trinajstić information content (AvgIpc) is 2.13. The van der Waals surface area contributed by atoms with Gasteiger partial charge in [-0.05, 0) is 0 Å². The van der Waals surface area contributed by atoms with Crippen LogP contribution in [0.3, 0.4) is 0 Å². The molecule has 0 aliphatic rings. The monoisotopic (exact) mass is 306 g/mol. The summed E-state index contributed by atoms with van der Waals surface area (Å²) in [6.45, 7) is 2.48. The quantitative estimate of drug-likeness (QED) is 0.653. The fourth-order valence-electron chi connectivity index (χ4n) is 0.595. The van der Waals surface area contributed by atoms with E-state index in [9.17, 15) is 39.5 Å². The summed E-state index contributed by atoms with van der Waals surface area (Å²) in [5, 5.41) is 0. The molecule has 0 aromatic rings. The van der Waals surface area contributed by atoms with Crippen molar-refractivity contribution in [2.75, 3.05) is 0 Å². The van der Waals surface area contributed by atoms with E-state index in [1.165, 1.54) is 0 Å². The smallest absolute Gasteiger partial charge is 0.248 e. The Morgan fingerprint density at radius 2 is 1.26 bits per heavy atom. The molecule has 0 fully saturated rings. The van der Waals surface area contributed by atoms with E-state index in [-0.39, 0.29) is 0 Å². The third kappa shape index (κ3) is 4.56. The van der Waals surface area contributed by atoms with Crippen molar-refractivity contribution in [3.05, 3.63) is 12.4 Å². The lowest BCUT2D eigenvalue weighted by Gasteiger charge is -2.30. The van der Waals surface area contributed by atoms with Crippen LogP contribution < -0.4 is 0 Å². The second-order valence-corrected chi connectivity index (χ2v) is 3.15. The molecule has 0 saturated heterocycles. The summed E-state index contributed by atoms with van der Waals surface area (Å²) in [4.78, 5) is 0. The summed E-state index contributed by atoms with van der Waals surface area (Å²) in [6, 6.07) is 0. The van der Waals surface area contributed by atoms with Gasteiger partial charge in [-0.15, -0.1) is 0 Å². The molecular weight excluding hydrogens is 299 g/mol. The van der Waals surface area contributed by atoms with Crippen LogP contribution in [0.5, 0.6) is 0 Å². The molecule has 0 unspecified atom stereocenters. The second-order valence-electron chi connectivity index (χ2n) is 3.15. The third-order valence-electron chi connectivity index (χ3n) is 1.60. The highest BCUT2D eigenvalue weighted by Crippen LogP contribution is 2.45. The molecule has 0 saturated carbocycles. The molecule has 0 radical (unpaired) electrons. The molecule has 0 rings (SSSR count). The zero-order valence-electron chi connectivity index (χ0n) is 9.13. The minimum absolute atomic E-state index is 0.604. The lowest BCUT2D eigenvalue weighted by molar-refractivity contribution is -0.509. The van der Waals surface area contributed by atoms with E-state index in [0.717, 1.165) is 0 Å². The van der Waals surface area contributed by atoms with Gasteiger partial charge in [0.15, 0.2) is 5.83 Å². The molecule has 0 N–H and O–H groups in total. The standard InChI is InChI=1S/C8H7F9O2/c1-3-5(10,11)18-7(14,15)8(16,17)19-6(12,13)4(2)9/h2-3H2,1H3. The summed E-state index contributed by atoms with van der Waals surface area (Å²) >= 11 is 0. The molecule has 19 heavy (non-hydrogen) atoms. The Bertz CT molecular complexity index is 339. The van der Waals surface area contributed by atoms with Gasteiger partial charge in [-0.25, -0.2) is 13.9 Å². The number of alkyl halides is 8. The largest absolute Gasteiger partial charge is 0.453 e.